The van der Waals surface area contributed by atoms with E-state index in [4.69, 9.17) is 9.84 Å². The van der Waals surface area contributed by atoms with Gasteiger partial charge in [0.15, 0.2) is 0 Å². The van der Waals surface area contributed by atoms with E-state index in [2.05, 4.69) is 12.1 Å². The Morgan fingerprint density at radius 1 is 1.04 bits per heavy atom. The molecule has 1 aliphatic heterocycles. The van der Waals surface area contributed by atoms with Crippen LogP contribution in [0.4, 0.5) is 0 Å². The molecule has 0 bridgehead atoms. The van der Waals surface area contributed by atoms with Crippen LogP contribution in [0.15, 0.2) is 48.5 Å². The lowest BCUT2D eigenvalue weighted by atomic mass is 9.96. The molecule has 0 radical (unpaired) electrons. The number of nitrogens with zero attached hydrogens (tertiary/aromatic N) is 1. The van der Waals surface area contributed by atoms with Gasteiger partial charge in [-0.2, -0.15) is 0 Å². The summed E-state index contributed by atoms with van der Waals surface area (Å²) in [7, 11) is 0. The Balaban J connectivity index is 1.48. The van der Waals surface area contributed by atoms with Crippen molar-refractivity contribution in [2.75, 3.05) is 19.7 Å². The molecule has 4 rings (SSSR count). The smallest absolute Gasteiger partial charge is 0.323 e. The Kier molecular flexibility index (Phi) is 4.86. The summed E-state index contributed by atoms with van der Waals surface area (Å²) in [5.74, 6) is -3.08. The van der Waals surface area contributed by atoms with Crippen LogP contribution in [-0.4, -0.2) is 47.5 Å². The average Bonchev–Trinajstić information content (AvgIpc) is 3.01. The molecule has 6 nitrogen and oxygen atoms in total. The quantitative estimate of drug-likeness (QED) is 0.638. The molecule has 28 heavy (non-hydrogen) atoms. The van der Waals surface area contributed by atoms with E-state index in [1.165, 1.54) is 4.90 Å². The van der Waals surface area contributed by atoms with Crippen molar-refractivity contribution in [1.29, 1.82) is 0 Å². The zero-order valence-corrected chi connectivity index (χ0v) is 15.3. The molecule has 0 spiro atoms. The molecule has 6 heteroatoms. The SMILES string of the molecule is O=C(O)CN1CCCC(C(=O)OCC2c3ccccc3-c3ccccc32)C1=O. The van der Waals surface area contributed by atoms with Crippen molar-refractivity contribution in [3.63, 3.8) is 0 Å². The van der Waals surface area contributed by atoms with Gasteiger partial charge < -0.3 is 14.7 Å². The lowest BCUT2D eigenvalue weighted by Crippen LogP contribution is -2.46. The number of carboxylic acid groups (broad SMARTS) is 1. The molecule has 1 aliphatic carbocycles. The van der Waals surface area contributed by atoms with Crippen molar-refractivity contribution in [3.05, 3.63) is 59.7 Å². The molecule has 1 unspecified atom stereocenters. The molecule has 144 valence electrons. The summed E-state index contributed by atoms with van der Waals surface area (Å²) in [5.41, 5.74) is 4.50. The second-order valence-electron chi connectivity index (χ2n) is 7.21. The van der Waals surface area contributed by atoms with Crippen molar-refractivity contribution in [3.8, 4) is 11.1 Å². The van der Waals surface area contributed by atoms with Gasteiger partial charge in [0.1, 0.15) is 19.1 Å². The topological polar surface area (TPSA) is 83.9 Å². The van der Waals surface area contributed by atoms with Gasteiger partial charge in [-0.3, -0.25) is 14.4 Å². The predicted octanol–water partition coefficient (Wildman–Crippen LogP) is 2.67. The maximum atomic E-state index is 12.6. The fraction of sp³-hybridized carbons (Fsp3) is 0.318. The number of fused-ring (bicyclic) bond motifs is 3. The van der Waals surface area contributed by atoms with E-state index in [1.54, 1.807) is 0 Å². The number of hydrogen-bond donors (Lipinski definition) is 1. The third-order valence-electron chi connectivity index (χ3n) is 5.50. The highest BCUT2D eigenvalue weighted by Crippen LogP contribution is 2.44. The van der Waals surface area contributed by atoms with Crippen LogP contribution < -0.4 is 0 Å². The number of likely N-dealkylation sites (tertiary alicyclic amines) is 1. The van der Waals surface area contributed by atoms with Crippen LogP contribution in [0.2, 0.25) is 0 Å². The maximum absolute atomic E-state index is 12.6. The molecule has 1 fully saturated rings. The zero-order valence-electron chi connectivity index (χ0n) is 15.3. The first-order valence-electron chi connectivity index (χ1n) is 9.41. The van der Waals surface area contributed by atoms with Crippen molar-refractivity contribution in [1.82, 2.24) is 4.90 Å². The Hall–Kier alpha value is -3.15. The standard InChI is InChI=1S/C22H21NO5/c24-20(25)12-23-11-5-10-18(21(23)26)22(27)28-13-19-16-8-3-1-6-14(16)15-7-2-4-9-17(15)19/h1-4,6-9,18-19H,5,10-13H2,(H,24,25). The molecule has 1 amide bonds. The van der Waals surface area contributed by atoms with Gasteiger partial charge >= 0.3 is 11.9 Å². The summed E-state index contributed by atoms with van der Waals surface area (Å²) >= 11 is 0. The normalized spacial score (nSPS) is 18.5. The van der Waals surface area contributed by atoms with E-state index in [0.29, 0.717) is 19.4 Å². The summed E-state index contributed by atoms with van der Waals surface area (Å²) < 4.78 is 5.57. The first-order chi connectivity index (χ1) is 13.6. The second-order valence-corrected chi connectivity index (χ2v) is 7.21. The molecule has 2 aliphatic rings. The van der Waals surface area contributed by atoms with Gasteiger partial charge in [-0.05, 0) is 35.1 Å². The third-order valence-corrected chi connectivity index (χ3v) is 5.50. The van der Waals surface area contributed by atoms with Gasteiger partial charge in [0.25, 0.3) is 0 Å². The first-order valence-corrected chi connectivity index (χ1v) is 9.41. The average molecular weight is 379 g/mol. The van der Waals surface area contributed by atoms with E-state index in [1.807, 2.05) is 36.4 Å². The van der Waals surface area contributed by atoms with E-state index in [0.717, 1.165) is 22.3 Å². The van der Waals surface area contributed by atoms with Crippen molar-refractivity contribution >= 4 is 17.8 Å². The van der Waals surface area contributed by atoms with Gasteiger partial charge in [-0.25, -0.2) is 0 Å². The Labute approximate surface area is 162 Å². The van der Waals surface area contributed by atoms with Crippen molar-refractivity contribution < 1.29 is 24.2 Å². The largest absolute Gasteiger partial charge is 0.480 e. The molecule has 0 aromatic heterocycles. The Morgan fingerprint density at radius 2 is 1.64 bits per heavy atom. The van der Waals surface area contributed by atoms with Gasteiger partial charge in [0, 0.05) is 12.5 Å². The zero-order chi connectivity index (χ0) is 19.7. The highest BCUT2D eigenvalue weighted by atomic mass is 16.5. The molecule has 1 saturated heterocycles. The lowest BCUT2D eigenvalue weighted by Gasteiger charge is -2.30. The minimum absolute atomic E-state index is 0.0647. The van der Waals surface area contributed by atoms with E-state index in [9.17, 15) is 14.4 Å². The number of rotatable bonds is 5. The monoisotopic (exact) mass is 379 g/mol. The Morgan fingerprint density at radius 3 is 2.25 bits per heavy atom. The summed E-state index contributed by atoms with van der Waals surface area (Å²) in [6, 6.07) is 16.1. The van der Waals surface area contributed by atoms with Crippen LogP contribution in [0, 0.1) is 5.92 Å². The number of carbonyl (C=O) groups is 3. The summed E-state index contributed by atoms with van der Waals surface area (Å²) in [5, 5.41) is 8.93. The number of hydrogen-bond acceptors (Lipinski definition) is 4. The molecular weight excluding hydrogens is 358 g/mol. The number of aliphatic carboxylic acids is 1. The minimum atomic E-state index is -1.08. The van der Waals surface area contributed by atoms with Crippen LogP contribution >= 0.6 is 0 Å². The summed E-state index contributed by atoms with van der Waals surface area (Å²) in [6.07, 6.45) is 0.986. The van der Waals surface area contributed by atoms with Crippen LogP contribution in [-0.2, 0) is 19.1 Å². The van der Waals surface area contributed by atoms with Gasteiger partial charge in [-0.15, -0.1) is 0 Å². The van der Waals surface area contributed by atoms with Crippen molar-refractivity contribution in [2.24, 2.45) is 5.92 Å². The summed E-state index contributed by atoms with van der Waals surface area (Å²) in [6.45, 7) is 0.139. The number of ether oxygens (including phenoxy) is 1. The van der Waals surface area contributed by atoms with Crippen LogP contribution in [0.1, 0.15) is 29.9 Å². The number of carbonyl (C=O) groups excluding carboxylic acids is 2. The number of esters is 1. The summed E-state index contributed by atoms with van der Waals surface area (Å²) in [4.78, 5) is 37.2. The molecule has 0 saturated carbocycles. The number of amides is 1. The number of piperidine rings is 1. The predicted molar refractivity (Wildman–Crippen MR) is 102 cm³/mol. The minimum Gasteiger partial charge on any atom is -0.480 e. The van der Waals surface area contributed by atoms with Gasteiger partial charge in [0.05, 0.1) is 0 Å². The second kappa shape index (κ2) is 7.46. The van der Waals surface area contributed by atoms with Crippen LogP contribution in [0.25, 0.3) is 11.1 Å². The van der Waals surface area contributed by atoms with Crippen molar-refractivity contribution in [2.45, 2.75) is 18.8 Å². The number of carboxylic acids is 1. The van der Waals surface area contributed by atoms with Gasteiger partial charge in [-0.1, -0.05) is 48.5 Å². The maximum Gasteiger partial charge on any atom is 0.323 e. The molecule has 2 aromatic rings. The van der Waals surface area contributed by atoms with Crippen LogP contribution in [0.5, 0.6) is 0 Å². The molecule has 1 N–H and O–H groups in total. The fourth-order valence-electron chi connectivity index (χ4n) is 4.18. The highest BCUT2D eigenvalue weighted by molar-refractivity contribution is 5.99. The van der Waals surface area contributed by atoms with Crippen LogP contribution in [0.3, 0.4) is 0 Å². The van der Waals surface area contributed by atoms with Gasteiger partial charge in [0.2, 0.25) is 5.91 Å². The van der Waals surface area contributed by atoms with E-state index >= 15 is 0 Å². The third kappa shape index (κ3) is 3.26. The molecule has 1 heterocycles. The lowest BCUT2D eigenvalue weighted by molar-refractivity contribution is -0.160. The molecular formula is C22H21NO5. The van der Waals surface area contributed by atoms with E-state index in [-0.39, 0.29) is 19.1 Å². The fourth-order valence-corrected chi connectivity index (χ4v) is 4.18. The van der Waals surface area contributed by atoms with E-state index < -0.39 is 23.8 Å². The number of benzene rings is 2. The molecule has 1 atom stereocenters. The molecule has 2 aromatic carbocycles. The Bertz CT molecular complexity index is 893. The highest BCUT2D eigenvalue weighted by Gasteiger charge is 2.37. The first kappa shape index (κ1) is 18.2.